The summed E-state index contributed by atoms with van der Waals surface area (Å²) >= 11 is 1.94. The van der Waals surface area contributed by atoms with Crippen molar-refractivity contribution >= 4 is 17.7 Å². The number of nitrogens with two attached hydrogens (primary N) is 1. The maximum Gasteiger partial charge on any atom is 0.223 e. The third-order valence-corrected chi connectivity index (χ3v) is 5.17. The van der Waals surface area contributed by atoms with Crippen molar-refractivity contribution < 1.29 is 4.79 Å². The first kappa shape index (κ1) is 16.4. The monoisotopic (exact) mass is 306 g/mol. The summed E-state index contributed by atoms with van der Waals surface area (Å²) in [5.41, 5.74) is 8.58. The van der Waals surface area contributed by atoms with E-state index in [-0.39, 0.29) is 17.9 Å². The second kappa shape index (κ2) is 7.85. The highest BCUT2D eigenvalue weighted by Crippen LogP contribution is 2.23. The lowest BCUT2D eigenvalue weighted by Gasteiger charge is -2.22. The van der Waals surface area contributed by atoms with Crippen molar-refractivity contribution in [2.45, 2.75) is 38.6 Å². The first-order valence-corrected chi connectivity index (χ1v) is 8.94. The van der Waals surface area contributed by atoms with Gasteiger partial charge in [0, 0.05) is 18.5 Å². The average Bonchev–Trinajstić information content (AvgIpc) is 2.53. The topological polar surface area (TPSA) is 55.1 Å². The second-order valence-electron chi connectivity index (χ2n) is 6.06. The molecule has 1 aliphatic heterocycles. The van der Waals surface area contributed by atoms with E-state index in [1.165, 1.54) is 5.56 Å². The number of hydrogen-bond acceptors (Lipinski definition) is 3. The Labute approximate surface area is 132 Å². The lowest BCUT2D eigenvalue weighted by molar-refractivity contribution is -0.125. The van der Waals surface area contributed by atoms with Gasteiger partial charge in [0.15, 0.2) is 0 Å². The van der Waals surface area contributed by atoms with Crippen LogP contribution in [0.2, 0.25) is 0 Å². The van der Waals surface area contributed by atoms with E-state index in [1.54, 1.807) is 0 Å². The van der Waals surface area contributed by atoms with E-state index in [2.05, 4.69) is 43.4 Å². The SMILES string of the molecule is CC(C)c1ccc([C@@H](N)CNC(=O)C2CCSCC2)cc1. The van der Waals surface area contributed by atoms with Gasteiger partial charge < -0.3 is 11.1 Å². The van der Waals surface area contributed by atoms with Crippen LogP contribution in [0.25, 0.3) is 0 Å². The highest BCUT2D eigenvalue weighted by atomic mass is 32.2. The molecule has 3 N–H and O–H groups in total. The summed E-state index contributed by atoms with van der Waals surface area (Å²) in [6.07, 6.45) is 1.99. The molecule has 0 spiro atoms. The minimum atomic E-state index is -0.131. The molecule has 2 rings (SSSR count). The summed E-state index contributed by atoms with van der Waals surface area (Å²) in [6, 6.07) is 8.26. The van der Waals surface area contributed by atoms with Crippen molar-refractivity contribution in [2.24, 2.45) is 11.7 Å². The van der Waals surface area contributed by atoms with Crippen molar-refractivity contribution in [1.82, 2.24) is 5.32 Å². The molecule has 0 unspecified atom stereocenters. The molecule has 1 saturated heterocycles. The van der Waals surface area contributed by atoms with Crippen LogP contribution in [0, 0.1) is 5.92 Å². The molecule has 1 amide bonds. The molecule has 116 valence electrons. The van der Waals surface area contributed by atoms with Crippen molar-refractivity contribution in [3.05, 3.63) is 35.4 Å². The van der Waals surface area contributed by atoms with E-state index >= 15 is 0 Å². The molecule has 0 aromatic heterocycles. The van der Waals surface area contributed by atoms with Gasteiger partial charge in [-0.3, -0.25) is 4.79 Å². The Hall–Kier alpha value is -1.00. The zero-order valence-corrected chi connectivity index (χ0v) is 13.8. The summed E-state index contributed by atoms with van der Waals surface area (Å²) in [6.45, 7) is 4.87. The van der Waals surface area contributed by atoms with Crippen molar-refractivity contribution in [3.63, 3.8) is 0 Å². The predicted molar refractivity (Wildman–Crippen MR) is 90.5 cm³/mol. The van der Waals surface area contributed by atoms with Crippen LogP contribution in [-0.2, 0) is 4.79 Å². The first-order chi connectivity index (χ1) is 10.1. The van der Waals surface area contributed by atoms with Gasteiger partial charge in [0.1, 0.15) is 0 Å². The maximum atomic E-state index is 12.1. The van der Waals surface area contributed by atoms with E-state index in [0.717, 1.165) is 29.9 Å². The number of carbonyl (C=O) groups excluding carboxylic acids is 1. The van der Waals surface area contributed by atoms with Gasteiger partial charge in [0.2, 0.25) is 5.91 Å². The van der Waals surface area contributed by atoms with Gasteiger partial charge in [-0.05, 0) is 41.4 Å². The van der Waals surface area contributed by atoms with Crippen LogP contribution in [-0.4, -0.2) is 24.0 Å². The van der Waals surface area contributed by atoms with Gasteiger partial charge in [0.25, 0.3) is 0 Å². The van der Waals surface area contributed by atoms with Crippen LogP contribution in [0.15, 0.2) is 24.3 Å². The fourth-order valence-electron chi connectivity index (χ4n) is 2.56. The Balaban J connectivity index is 1.83. The zero-order valence-electron chi connectivity index (χ0n) is 13.0. The number of amides is 1. The first-order valence-electron chi connectivity index (χ1n) is 7.79. The number of nitrogens with one attached hydrogen (secondary N) is 1. The minimum Gasteiger partial charge on any atom is -0.354 e. The molecular weight excluding hydrogens is 280 g/mol. The molecule has 3 nitrogen and oxygen atoms in total. The van der Waals surface area contributed by atoms with Crippen LogP contribution in [0.1, 0.15) is 49.8 Å². The van der Waals surface area contributed by atoms with Gasteiger partial charge >= 0.3 is 0 Å². The summed E-state index contributed by atoms with van der Waals surface area (Å²) in [4.78, 5) is 12.1. The molecule has 1 aliphatic rings. The Bertz CT molecular complexity index is 452. The number of rotatable bonds is 5. The smallest absolute Gasteiger partial charge is 0.223 e. The molecule has 1 aromatic carbocycles. The molecule has 1 atom stereocenters. The standard InChI is InChI=1S/C17H26N2OS/c1-12(2)13-3-5-14(6-4-13)16(18)11-19-17(20)15-7-9-21-10-8-15/h3-6,12,15-16H,7-11,18H2,1-2H3,(H,19,20)/t16-/m0/s1. The quantitative estimate of drug-likeness (QED) is 0.879. The molecule has 0 bridgehead atoms. The van der Waals surface area contributed by atoms with Crippen molar-refractivity contribution in [1.29, 1.82) is 0 Å². The fourth-order valence-corrected chi connectivity index (χ4v) is 3.67. The summed E-state index contributed by atoms with van der Waals surface area (Å²) in [7, 11) is 0. The van der Waals surface area contributed by atoms with Crippen molar-refractivity contribution in [3.8, 4) is 0 Å². The third-order valence-electron chi connectivity index (χ3n) is 4.12. The Morgan fingerprint density at radius 2 is 1.81 bits per heavy atom. The van der Waals surface area contributed by atoms with Gasteiger partial charge in [-0.1, -0.05) is 38.1 Å². The van der Waals surface area contributed by atoms with E-state index in [9.17, 15) is 4.79 Å². The van der Waals surface area contributed by atoms with Crippen LogP contribution < -0.4 is 11.1 Å². The lowest BCUT2D eigenvalue weighted by Crippen LogP contribution is -2.37. The van der Waals surface area contributed by atoms with Gasteiger partial charge in [0.05, 0.1) is 0 Å². The molecule has 1 fully saturated rings. The third kappa shape index (κ3) is 4.75. The molecule has 0 radical (unpaired) electrons. The van der Waals surface area contributed by atoms with Crippen LogP contribution in [0.5, 0.6) is 0 Å². The number of benzene rings is 1. The number of carbonyl (C=O) groups is 1. The molecule has 0 saturated carbocycles. The zero-order chi connectivity index (χ0) is 15.2. The van der Waals surface area contributed by atoms with Gasteiger partial charge in [-0.15, -0.1) is 0 Å². The Morgan fingerprint density at radius 3 is 2.38 bits per heavy atom. The average molecular weight is 306 g/mol. The van der Waals surface area contributed by atoms with Crippen LogP contribution in [0.3, 0.4) is 0 Å². The number of hydrogen-bond donors (Lipinski definition) is 2. The summed E-state index contributed by atoms with van der Waals surface area (Å²) in [5, 5.41) is 3.01. The highest BCUT2D eigenvalue weighted by Gasteiger charge is 2.21. The molecule has 21 heavy (non-hydrogen) atoms. The molecule has 4 heteroatoms. The Kier molecular flexibility index (Phi) is 6.12. The highest BCUT2D eigenvalue weighted by molar-refractivity contribution is 7.99. The van der Waals surface area contributed by atoms with Crippen LogP contribution >= 0.6 is 11.8 Å². The lowest BCUT2D eigenvalue weighted by atomic mass is 9.99. The fraction of sp³-hybridized carbons (Fsp3) is 0.588. The normalized spacial score (nSPS) is 17.7. The second-order valence-corrected chi connectivity index (χ2v) is 7.28. The van der Waals surface area contributed by atoms with E-state index in [0.29, 0.717) is 12.5 Å². The van der Waals surface area contributed by atoms with Gasteiger partial charge in [-0.25, -0.2) is 0 Å². The molecule has 1 aromatic rings. The van der Waals surface area contributed by atoms with E-state index in [1.807, 2.05) is 11.8 Å². The summed E-state index contributed by atoms with van der Waals surface area (Å²) < 4.78 is 0. The number of thioether (sulfide) groups is 1. The molecule has 0 aliphatic carbocycles. The molecule has 1 heterocycles. The molecular formula is C17H26N2OS. The Morgan fingerprint density at radius 1 is 1.24 bits per heavy atom. The largest absolute Gasteiger partial charge is 0.354 e. The predicted octanol–water partition coefficient (Wildman–Crippen LogP) is 3.07. The maximum absolute atomic E-state index is 12.1. The summed E-state index contributed by atoms with van der Waals surface area (Å²) in [5.74, 6) is 3.08. The minimum absolute atomic E-state index is 0.131. The van der Waals surface area contributed by atoms with Crippen LogP contribution in [0.4, 0.5) is 0 Å². The van der Waals surface area contributed by atoms with E-state index in [4.69, 9.17) is 5.73 Å². The van der Waals surface area contributed by atoms with Crippen molar-refractivity contribution in [2.75, 3.05) is 18.1 Å². The van der Waals surface area contributed by atoms with Gasteiger partial charge in [-0.2, -0.15) is 11.8 Å². The van der Waals surface area contributed by atoms with E-state index < -0.39 is 0 Å².